The summed E-state index contributed by atoms with van der Waals surface area (Å²) in [7, 11) is 0. The molecule has 18 heavy (non-hydrogen) atoms. The Bertz CT molecular complexity index is 257. The zero-order chi connectivity index (χ0) is 13.0. The van der Waals surface area contributed by atoms with Crippen LogP contribution in [0.5, 0.6) is 0 Å². The van der Waals surface area contributed by atoms with Gasteiger partial charge >= 0.3 is 0 Å². The molecule has 2 aliphatic rings. The first-order valence-electron chi connectivity index (χ1n) is 7.02. The van der Waals surface area contributed by atoms with Crippen LogP contribution in [0.25, 0.3) is 0 Å². The molecule has 0 amide bonds. The van der Waals surface area contributed by atoms with Gasteiger partial charge in [0.1, 0.15) is 0 Å². The first-order chi connectivity index (χ1) is 8.63. The number of halogens is 2. The molecule has 0 aromatic rings. The van der Waals surface area contributed by atoms with Crippen molar-refractivity contribution in [2.24, 2.45) is 5.73 Å². The van der Waals surface area contributed by atoms with Gasteiger partial charge in [-0.1, -0.05) is 12.8 Å². The summed E-state index contributed by atoms with van der Waals surface area (Å²) >= 11 is 0. The molecule has 1 unspecified atom stereocenters. The van der Waals surface area contributed by atoms with Crippen LogP contribution in [-0.4, -0.2) is 49.2 Å². The van der Waals surface area contributed by atoms with E-state index in [0.717, 1.165) is 25.7 Å². The molecule has 1 aliphatic heterocycles. The molecule has 1 saturated heterocycles. The molecule has 1 spiro atoms. The maximum absolute atomic E-state index is 12.5. The number of rotatable bonds is 6. The first-order valence-corrected chi connectivity index (χ1v) is 7.02. The van der Waals surface area contributed by atoms with E-state index in [1.54, 1.807) is 4.90 Å². The number of alkyl halides is 2. The fourth-order valence-electron chi connectivity index (χ4n) is 3.33. The van der Waals surface area contributed by atoms with Crippen molar-refractivity contribution in [2.45, 2.75) is 56.7 Å². The van der Waals surface area contributed by atoms with E-state index in [2.05, 4.69) is 0 Å². The molecule has 0 aromatic heterocycles. The largest absolute Gasteiger partial charge is 0.370 e. The van der Waals surface area contributed by atoms with Crippen molar-refractivity contribution in [1.82, 2.24) is 4.90 Å². The highest BCUT2D eigenvalue weighted by Crippen LogP contribution is 2.43. The van der Waals surface area contributed by atoms with Crippen molar-refractivity contribution in [2.75, 3.05) is 26.2 Å². The summed E-state index contributed by atoms with van der Waals surface area (Å²) in [5.74, 6) is 0. The maximum Gasteiger partial charge on any atom is 0.251 e. The molecule has 1 heterocycles. The van der Waals surface area contributed by atoms with Gasteiger partial charge in [-0.2, -0.15) is 0 Å². The molecule has 2 fully saturated rings. The van der Waals surface area contributed by atoms with Gasteiger partial charge in [-0.25, -0.2) is 8.78 Å². The number of ether oxygens (including phenoxy) is 1. The van der Waals surface area contributed by atoms with Crippen LogP contribution in [-0.2, 0) is 4.74 Å². The average Bonchev–Trinajstić information content (AvgIpc) is 2.90. The summed E-state index contributed by atoms with van der Waals surface area (Å²) in [6, 6.07) is 0. The van der Waals surface area contributed by atoms with Gasteiger partial charge in [-0.15, -0.1) is 0 Å². The number of hydrogen-bond donors (Lipinski definition) is 1. The summed E-state index contributed by atoms with van der Waals surface area (Å²) in [4.78, 5) is 1.74. The van der Waals surface area contributed by atoms with E-state index in [-0.39, 0.29) is 18.2 Å². The predicted molar refractivity (Wildman–Crippen MR) is 66.8 cm³/mol. The van der Waals surface area contributed by atoms with E-state index in [1.165, 1.54) is 12.8 Å². The van der Waals surface area contributed by atoms with Crippen LogP contribution >= 0.6 is 0 Å². The Balaban J connectivity index is 1.80. The molecule has 0 aromatic carbocycles. The van der Waals surface area contributed by atoms with Crippen LogP contribution < -0.4 is 5.73 Å². The van der Waals surface area contributed by atoms with Crippen molar-refractivity contribution in [1.29, 1.82) is 0 Å². The average molecular weight is 262 g/mol. The predicted octanol–water partition coefficient (Wildman–Crippen LogP) is 2.00. The number of nitrogens with zero attached hydrogens (tertiary/aromatic N) is 1. The number of nitrogens with two attached hydrogens (primary N) is 1. The van der Waals surface area contributed by atoms with Gasteiger partial charge in [0.05, 0.1) is 18.2 Å². The molecular formula is C13H24F2N2O. The van der Waals surface area contributed by atoms with Gasteiger partial charge in [-0.05, 0) is 25.7 Å². The quantitative estimate of drug-likeness (QED) is 0.795. The van der Waals surface area contributed by atoms with Gasteiger partial charge in [-0.3, -0.25) is 4.90 Å². The highest BCUT2D eigenvalue weighted by molar-refractivity contribution is 4.93. The lowest BCUT2D eigenvalue weighted by Gasteiger charge is -2.27. The van der Waals surface area contributed by atoms with Crippen molar-refractivity contribution in [3.8, 4) is 0 Å². The van der Waals surface area contributed by atoms with Crippen molar-refractivity contribution in [3.05, 3.63) is 0 Å². The summed E-state index contributed by atoms with van der Waals surface area (Å²) in [5.41, 5.74) is 5.55. The van der Waals surface area contributed by atoms with Crippen LogP contribution in [0.3, 0.4) is 0 Å². The standard InChI is InChI=1S/C13H24F2N2O/c14-12(15)10-17(8-7-16)9-11-3-6-13(18-11)4-1-2-5-13/h11-12H,1-10,16H2. The molecular weight excluding hydrogens is 238 g/mol. The lowest BCUT2D eigenvalue weighted by Crippen LogP contribution is -2.39. The molecule has 2 N–H and O–H groups in total. The Morgan fingerprint density at radius 1 is 1.28 bits per heavy atom. The second-order valence-electron chi connectivity index (χ2n) is 5.61. The van der Waals surface area contributed by atoms with E-state index in [0.29, 0.717) is 19.6 Å². The second-order valence-corrected chi connectivity index (χ2v) is 5.61. The first kappa shape index (κ1) is 14.2. The smallest absolute Gasteiger partial charge is 0.251 e. The third-order valence-corrected chi connectivity index (χ3v) is 4.16. The Morgan fingerprint density at radius 2 is 2.00 bits per heavy atom. The van der Waals surface area contributed by atoms with Crippen molar-refractivity contribution < 1.29 is 13.5 Å². The topological polar surface area (TPSA) is 38.5 Å². The van der Waals surface area contributed by atoms with Gasteiger partial charge in [0.2, 0.25) is 0 Å². The molecule has 0 radical (unpaired) electrons. The lowest BCUT2D eigenvalue weighted by atomic mass is 9.98. The molecule has 0 bridgehead atoms. The third kappa shape index (κ3) is 3.62. The summed E-state index contributed by atoms with van der Waals surface area (Å²) in [5, 5.41) is 0. The number of hydrogen-bond acceptors (Lipinski definition) is 3. The van der Waals surface area contributed by atoms with E-state index in [4.69, 9.17) is 10.5 Å². The molecule has 1 saturated carbocycles. The second kappa shape index (κ2) is 6.26. The zero-order valence-corrected chi connectivity index (χ0v) is 10.9. The molecule has 2 rings (SSSR count). The van der Waals surface area contributed by atoms with Crippen LogP contribution in [0.15, 0.2) is 0 Å². The normalized spacial score (nSPS) is 26.8. The Kier molecular flexibility index (Phi) is 4.92. The van der Waals surface area contributed by atoms with Gasteiger partial charge in [0, 0.05) is 19.6 Å². The van der Waals surface area contributed by atoms with E-state index in [1.807, 2.05) is 0 Å². The maximum atomic E-state index is 12.5. The van der Waals surface area contributed by atoms with E-state index >= 15 is 0 Å². The van der Waals surface area contributed by atoms with Crippen LogP contribution in [0, 0.1) is 0 Å². The van der Waals surface area contributed by atoms with E-state index in [9.17, 15) is 8.78 Å². The highest BCUT2D eigenvalue weighted by atomic mass is 19.3. The van der Waals surface area contributed by atoms with Crippen molar-refractivity contribution in [3.63, 3.8) is 0 Å². The fraction of sp³-hybridized carbons (Fsp3) is 1.00. The Hall–Kier alpha value is -0.260. The van der Waals surface area contributed by atoms with Crippen LogP contribution in [0.1, 0.15) is 38.5 Å². The third-order valence-electron chi connectivity index (χ3n) is 4.16. The lowest BCUT2D eigenvalue weighted by molar-refractivity contribution is -0.0512. The van der Waals surface area contributed by atoms with E-state index < -0.39 is 6.43 Å². The minimum absolute atomic E-state index is 0.0872. The monoisotopic (exact) mass is 262 g/mol. The molecule has 106 valence electrons. The molecule has 5 heteroatoms. The van der Waals surface area contributed by atoms with Crippen LogP contribution in [0.2, 0.25) is 0 Å². The molecule has 1 atom stereocenters. The van der Waals surface area contributed by atoms with Gasteiger partial charge in [0.15, 0.2) is 0 Å². The molecule has 1 aliphatic carbocycles. The van der Waals surface area contributed by atoms with Crippen molar-refractivity contribution >= 4 is 0 Å². The van der Waals surface area contributed by atoms with Gasteiger partial charge < -0.3 is 10.5 Å². The summed E-state index contributed by atoms with van der Waals surface area (Å²) in [6.07, 6.45) is 4.72. The highest BCUT2D eigenvalue weighted by Gasteiger charge is 2.42. The minimum Gasteiger partial charge on any atom is -0.370 e. The SMILES string of the molecule is NCCN(CC(F)F)CC1CCC2(CCCC2)O1. The zero-order valence-electron chi connectivity index (χ0n) is 10.9. The Morgan fingerprint density at radius 3 is 2.61 bits per heavy atom. The minimum atomic E-state index is -2.29. The summed E-state index contributed by atoms with van der Waals surface area (Å²) < 4.78 is 31.0. The molecule has 3 nitrogen and oxygen atoms in total. The van der Waals surface area contributed by atoms with Gasteiger partial charge in [0.25, 0.3) is 6.43 Å². The fourth-order valence-corrected chi connectivity index (χ4v) is 3.33. The summed E-state index contributed by atoms with van der Waals surface area (Å²) in [6.45, 7) is 1.36. The Labute approximate surface area is 108 Å². The van der Waals surface area contributed by atoms with Crippen LogP contribution in [0.4, 0.5) is 8.78 Å².